The fourth-order valence-corrected chi connectivity index (χ4v) is 3.35. The largest absolute Gasteiger partial charge is 0.115 e. The first-order valence-electron chi connectivity index (χ1n) is 9.34. The van der Waals surface area contributed by atoms with E-state index in [1.54, 1.807) is 0 Å². The predicted octanol–water partition coefficient (Wildman–Crippen LogP) is 7.33. The van der Waals surface area contributed by atoms with Gasteiger partial charge in [0.15, 0.2) is 0 Å². The summed E-state index contributed by atoms with van der Waals surface area (Å²) in [4.78, 5) is 0. The summed E-state index contributed by atoms with van der Waals surface area (Å²) in [5.41, 5.74) is 3.51. The van der Waals surface area contributed by atoms with Gasteiger partial charge in [0.1, 0.15) is 0 Å². The summed E-state index contributed by atoms with van der Waals surface area (Å²) < 4.78 is 0. The molecule has 0 aromatic heterocycles. The maximum absolute atomic E-state index is 5.51. The Bertz CT molecular complexity index is 1210. The van der Waals surface area contributed by atoms with Gasteiger partial charge in [-0.25, -0.2) is 0 Å². The molecule has 132 valence electrons. The van der Waals surface area contributed by atoms with Gasteiger partial charge in [-0.3, -0.25) is 0 Å². The van der Waals surface area contributed by atoms with E-state index >= 15 is 0 Å². The molecule has 5 aromatic rings. The van der Waals surface area contributed by atoms with E-state index in [0.717, 1.165) is 10.9 Å². The monoisotopic (exact) mass is 356 g/mol. The normalized spacial score (nSPS) is 10.1. The number of benzene rings is 5. The van der Waals surface area contributed by atoms with Crippen LogP contribution in [0, 0.1) is 12.3 Å². The van der Waals surface area contributed by atoms with Crippen molar-refractivity contribution in [2.24, 2.45) is 0 Å². The quantitative estimate of drug-likeness (QED) is 0.218. The Morgan fingerprint density at radius 2 is 0.964 bits per heavy atom. The molecule has 0 aliphatic heterocycles. The first-order valence-corrected chi connectivity index (χ1v) is 9.34. The number of hydrogen-bond acceptors (Lipinski definition) is 0. The topological polar surface area (TPSA) is 0 Å². The molecule has 0 spiro atoms. The molecule has 0 heterocycles. The summed E-state index contributed by atoms with van der Waals surface area (Å²) >= 11 is 0. The molecule has 0 bridgehead atoms. The van der Waals surface area contributed by atoms with Gasteiger partial charge in [-0.15, -0.1) is 6.42 Å². The van der Waals surface area contributed by atoms with E-state index in [0.29, 0.717) is 0 Å². The van der Waals surface area contributed by atoms with Gasteiger partial charge in [0, 0.05) is 5.56 Å². The number of rotatable bonds is 1. The first kappa shape index (κ1) is 17.6. The van der Waals surface area contributed by atoms with Crippen molar-refractivity contribution in [3.05, 3.63) is 121 Å². The maximum Gasteiger partial charge on any atom is 0.0321 e. The van der Waals surface area contributed by atoms with Gasteiger partial charge >= 0.3 is 0 Å². The molecule has 0 saturated carbocycles. The van der Waals surface area contributed by atoms with Gasteiger partial charge in [-0.1, -0.05) is 103 Å². The van der Waals surface area contributed by atoms with Gasteiger partial charge in [0.2, 0.25) is 0 Å². The Morgan fingerprint density at radius 1 is 0.464 bits per heavy atom. The second-order valence-electron chi connectivity index (χ2n) is 6.60. The molecule has 0 radical (unpaired) electrons. The molecule has 0 fully saturated rings. The van der Waals surface area contributed by atoms with E-state index < -0.39 is 0 Å². The third kappa shape index (κ3) is 3.80. The molecule has 28 heavy (non-hydrogen) atoms. The molecule has 0 atom stereocenters. The van der Waals surface area contributed by atoms with Crippen molar-refractivity contribution in [3.8, 4) is 23.5 Å². The summed E-state index contributed by atoms with van der Waals surface area (Å²) in [6.07, 6.45) is 5.51. The summed E-state index contributed by atoms with van der Waals surface area (Å²) in [5, 5.41) is 4.85. The van der Waals surface area contributed by atoms with E-state index in [-0.39, 0.29) is 0 Å². The number of terminal acetylenes is 1. The third-order valence-electron chi connectivity index (χ3n) is 4.78. The van der Waals surface area contributed by atoms with Crippen LogP contribution in [0.25, 0.3) is 32.7 Å². The zero-order chi connectivity index (χ0) is 19.2. The highest BCUT2D eigenvalue weighted by molar-refractivity contribution is 6.00. The van der Waals surface area contributed by atoms with Crippen LogP contribution in [0.4, 0.5) is 0 Å². The predicted molar refractivity (Wildman–Crippen MR) is 121 cm³/mol. The van der Waals surface area contributed by atoms with Crippen molar-refractivity contribution in [2.75, 3.05) is 0 Å². The Balaban J connectivity index is 0.000000143. The first-order chi connectivity index (χ1) is 13.8. The standard InChI is InChI=1S/C16H10.C12H10/c1-2-12-8-5-9-15-10-13-6-3-4-7-14(13)11-16(12)15;1-3-7-11(8-4-1)12-9-5-2-6-10-12/h1,3-11H;1-10H. The molecular weight excluding hydrogens is 336 g/mol. The van der Waals surface area contributed by atoms with Crippen molar-refractivity contribution in [2.45, 2.75) is 0 Å². The highest BCUT2D eigenvalue weighted by atomic mass is 14.0. The lowest BCUT2D eigenvalue weighted by atomic mass is 10.0. The lowest BCUT2D eigenvalue weighted by molar-refractivity contribution is 1.62. The van der Waals surface area contributed by atoms with Crippen molar-refractivity contribution < 1.29 is 0 Å². The Labute approximate surface area is 166 Å². The lowest BCUT2D eigenvalue weighted by Crippen LogP contribution is -1.80. The van der Waals surface area contributed by atoms with Crippen LogP contribution in [0.2, 0.25) is 0 Å². The Hall–Kier alpha value is -3.82. The molecule has 0 nitrogen and oxygen atoms in total. The van der Waals surface area contributed by atoms with Crippen LogP contribution >= 0.6 is 0 Å². The van der Waals surface area contributed by atoms with Gasteiger partial charge in [-0.05, 0) is 50.9 Å². The molecule has 0 N–H and O–H groups in total. The SMILES string of the molecule is C#Cc1cccc2cc3ccccc3cc12.c1ccc(-c2ccccc2)cc1. The van der Waals surface area contributed by atoms with Crippen LogP contribution in [-0.2, 0) is 0 Å². The van der Waals surface area contributed by atoms with E-state index in [9.17, 15) is 0 Å². The highest BCUT2D eigenvalue weighted by Gasteiger charge is 2.00. The third-order valence-corrected chi connectivity index (χ3v) is 4.78. The molecule has 5 aromatic carbocycles. The summed E-state index contributed by atoms with van der Waals surface area (Å²) in [6, 6.07) is 39.6. The minimum absolute atomic E-state index is 0.961. The van der Waals surface area contributed by atoms with E-state index in [1.807, 2.05) is 30.3 Å². The van der Waals surface area contributed by atoms with Crippen LogP contribution < -0.4 is 0 Å². The van der Waals surface area contributed by atoms with Crippen LogP contribution in [0.3, 0.4) is 0 Å². The van der Waals surface area contributed by atoms with E-state index in [4.69, 9.17) is 6.42 Å². The van der Waals surface area contributed by atoms with Gasteiger partial charge in [-0.2, -0.15) is 0 Å². The smallest absolute Gasteiger partial charge is 0.0321 e. The molecular formula is C28H20. The fraction of sp³-hybridized carbons (Fsp3) is 0. The van der Waals surface area contributed by atoms with E-state index in [2.05, 4.69) is 90.8 Å². The van der Waals surface area contributed by atoms with E-state index in [1.165, 1.54) is 27.3 Å². The highest BCUT2D eigenvalue weighted by Crippen LogP contribution is 2.25. The fourth-order valence-electron chi connectivity index (χ4n) is 3.35. The van der Waals surface area contributed by atoms with Gasteiger partial charge in [0.05, 0.1) is 0 Å². The maximum atomic E-state index is 5.51. The second kappa shape index (κ2) is 8.25. The van der Waals surface area contributed by atoms with Gasteiger partial charge in [0.25, 0.3) is 0 Å². The Kier molecular flexibility index (Phi) is 5.18. The van der Waals surface area contributed by atoms with Crippen molar-refractivity contribution in [1.82, 2.24) is 0 Å². The molecule has 0 heteroatoms. The molecule has 5 rings (SSSR count). The zero-order valence-corrected chi connectivity index (χ0v) is 15.5. The molecule has 0 aliphatic carbocycles. The number of fused-ring (bicyclic) bond motifs is 2. The average molecular weight is 356 g/mol. The molecule has 0 unspecified atom stereocenters. The zero-order valence-electron chi connectivity index (χ0n) is 15.5. The summed E-state index contributed by atoms with van der Waals surface area (Å²) in [6.45, 7) is 0. The second-order valence-corrected chi connectivity index (χ2v) is 6.60. The van der Waals surface area contributed by atoms with Crippen LogP contribution in [0.1, 0.15) is 5.56 Å². The molecule has 0 amide bonds. The molecule has 0 saturated heterocycles. The minimum atomic E-state index is 0.961. The summed E-state index contributed by atoms with van der Waals surface area (Å²) in [7, 11) is 0. The van der Waals surface area contributed by atoms with Crippen molar-refractivity contribution in [3.63, 3.8) is 0 Å². The van der Waals surface area contributed by atoms with Gasteiger partial charge < -0.3 is 0 Å². The summed E-state index contributed by atoms with van der Waals surface area (Å²) in [5.74, 6) is 2.73. The van der Waals surface area contributed by atoms with Crippen LogP contribution in [0.15, 0.2) is 115 Å². The van der Waals surface area contributed by atoms with Crippen LogP contribution in [0.5, 0.6) is 0 Å². The van der Waals surface area contributed by atoms with Crippen molar-refractivity contribution in [1.29, 1.82) is 0 Å². The number of hydrogen-bond donors (Lipinski definition) is 0. The minimum Gasteiger partial charge on any atom is -0.115 e. The molecule has 0 aliphatic rings. The Morgan fingerprint density at radius 3 is 1.54 bits per heavy atom. The van der Waals surface area contributed by atoms with Crippen molar-refractivity contribution >= 4 is 21.5 Å². The average Bonchev–Trinajstić information content (AvgIpc) is 2.79. The lowest BCUT2D eigenvalue weighted by Gasteiger charge is -2.03. The van der Waals surface area contributed by atoms with Crippen LogP contribution in [-0.4, -0.2) is 0 Å².